The van der Waals surface area contributed by atoms with E-state index in [4.69, 9.17) is 17.0 Å². The van der Waals surface area contributed by atoms with Gasteiger partial charge in [-0.05, 0) is 65.8 Å². The van der Waals surface area contributed by atoms with E-state index in [2.05, 4.69) is 31.5 Å². The Labute approximate surface area is 159 Å². The summed E-state index contributed by atoms with van der Waals surface area (Å²) in [6.45, 7) is 2.59. The highest BCUT2D eigenvalue weighted by Gasteiger charge is 2.14. The molecule has 5 nitrogen and oxygen atoms in total. The Morgan fingerprint density at radius 3 is 2.84 bits per heavy atom. The number of anilines is 1. The van der Waals surface area contributed by atoms with E-state index in [0.717, 1.165) is 4.47 Å². The number of rotatable bonds is 6. The minimum Gasteiger partial charge on any atom is -0.492 e. The third-order valence-electron chi connectivity index (χ3n) is 3.26. The summed E-state index contributed by atoms with van der Waals surface area (Å²) in [4.78, 5) is 4.15. The van der Waals surface area contributed by atoms with E-state index in [1.807, 2.05) is 19.1 Å². The molecule has 0 saturated heterocycles. The van der Waals surface area contributed by atoms with Crippen LogP contribution in [0.1, 0.15) is 18.1 Å². The molecule has 25 heavy (non-hydrogen) atoms. The van der Waals surface area contributed by atoms with Crippen LogP contribution in [0.25, 0.3) is 0 Å². The van der Waals surface area contributed by atoms with Crippen molar-refractivity contribution < 1.29 is 9.13 Å². The molecular weight excluding hydrogens is 407 g/mol. The molecule has 0 unspecified atom stereocenters. The van der Waals surface area contributed by atoms with Crippen molar-refractivity contribution in [2.24, 2.45) is 0 Å². The number of nitriles is 1. The lowest BCUT2D eigenvalue weighted by Gasteiger charge is -2.13. The molecule has 130 valence electrons. The quantitative estimate of drug-likeness (QED) is 0.690. The number of pyridine rings is 1. The summed E-state index contributed by atoms with van der Waals surface area (Å²) >= 11 is 8.49. The molecule has 0 atom stereocenters. The molecule has 0 fully saturated rings. The van der Waals surface area contributed by atoms with Gasteiger partial charge in [0, 0.05) is 22.8 Å². The minimum absolute atomic E-state index is 0.220. The van der Waals surface area contributed by atoms with E-state index in [-0.39, 0.29) is 5.56 Å². The maximum Gasteiger partial charge on any atom is 0.171 e. The standard InChI is InChI=1S/C17H16BrFN4OS/c1-2-24-15-5-4-14(19)12(13(15)9-20)7-8-21-17(25)23-16-6-3-11(18)10-22-16/h3-6,10H,2,7-8H2,1H3,(H2,21,22,23,25). The van der Waals surface area contributed by atoms with Gasteiger partial charge in [-0.3, -0.25) is 0 Å². The van der Waals surface area contributed by atoms with Crippen molar-refractivity contribution in [1.29, 1.82) is 5.26 Å². The number of hydrogen-bond acceptors (Lipinski definition) is 4. The van der Waals surface area contributed by atoms with Gasteiger partial charge in [0.05, 0.1) is 6.61 Å². The fraction of sp³-hybridized carbons (Fsp3) is 0.235. The van der Waals surface area contributed by atoms with Crippen molar-refractivity contribution in [1.82, 2.24) is 10.3 Å². The number of nitrogens with zero attached hydrogens (tertiary/aromatic N) is 2. The molecule has 1 aromatic heterocycles. The van der Waals surface area contributed by atoms with Crippen molar-refractivity contribution in [3.05, 3.63) is 51.9 Å². The predicted octanol–water partition coefficient (Wildman–Crippen LogP) is 3.78. The summed E-state index contributed by atoms with van der Waals surface area (Å²) < 4.78 is 20.3. The van der Waals surface area contributed by atoms with Crippen LogP contribution in [0.2, 0.25) is 0 Å². The van der Waals surface area contributed by atoms with Crippen LogP contribution >= 0.6 is 28.1 Å². The lowest BCUT2D eigenvalue weighted by atomic mass is 10.0. The van der Waals surface area contributed by atoms with E-state index in [9.17, 15) is 9.65 Å². The average molecular weight is 423 g/mol. The topological polar surface area (TPSA) is 70.0 Å². The van der Waals surface area contributed by atoms with Gasteiger partial charge in [0.25, 0.3) is 0 Å². The summed E-state index contributed by atoms with van der Waals surface area (Å²) in [6, 6.07) is 8.41. The van der Waals surface area contributed by atoms with Crippen LogP contribution in [-0.4, -0.2) is 23.2 Å². The maximum atomic E-state index is 14.1. The van der Waals surface area contributed by atoms with Crippen LogP contribution in [-0.2, 0) is 6.42 Å². The van der Waals surface area contributed by atoms with Crippen LogP contribution in [0.5, 0.6) is 5.75 Å². The van der Waals surface area contributed by atoms with Gasteiger partial charge in [-0.1, -0.05) is 0 Å². The molecule has 2 N–H and O–H groups in total. The smallest absolute Gasteiger partial charge is 0.171 e. The monoisotopic (exact) mass is 422 g/mol. The highest BCUT2D eigenvalue weighted by Crippen LogP contribution is 2.24. The van der Waals surface area contributed by atoms with Crippen molar-refractivity contribution >= 4 is 39.1 Å². The molecule has 0 amide bonds. The lowest BCUT2D eigenvalue weighted by molar-refractivity contribution is 0.338. The first-order chi connectivity index (χ1) is 12.0. The molecule has 2 rings (SSSR count). The number of benzene rings is 1. The molecule has 0 spiro atoms. The molecule has 0 aliphatic heterocycles. The molecule has 2 aromatic rings. The first-order valence-corrected chi connectivity index (χ1v) is 8.76. The summed E-state index contributed by atoms with van der Waals surface area (Å²) in [7, 11) is 0. The van der Waals surface area contributed by atoms with Gasteiger partial charge in [-0.2, -0.15) is 5.26 Å². The fourth-order valence-corrected chi connectivity index (χ4v) is 2.60. The fourth-order valence-electron chi connectivity index (χ4n) is 2.15. The van der Waals surface area contributed by atoms with Gasteiger partial charge in [-0.15, -0.1) is 0 Å². The Kier molecular flexibility index (Phi) is 7.10. The van der Waals surface area contributed by atoms with Crippen molar-refractivity contribution in [3.63, 3.8) is 0 Å². The van der Waals surface area contributed by atoms with Crippen molar-refractivity contribution in [2.45, 2.75) is 13.3 Å². The number of ether oxygens (including phenoxy) is 1. The van der Waals surface area contributed by atoms with E-state index >= 15 is 0 Å². The van der Waals surface area contributed by atoms with Gasteiger partial charge >= 0.3 is 0 Å². The largest absolute Gasteiger partial charge is 0.492 e. The van der Waals surface area contributed by atoms with Gasteiger partial charge in [0.1, 0.15) is 29.0 Å². The Hall–Kier alpha value is -2.24. The van der Waals surface area contributed by atoms with Crippen molar-refractivity contribution in [3.8, 4) is 11.8 Å². The molecule has 0 aliphatic rings. The summed E-state index contributed by atoms with van der Waals surface area (Å²) in [5.41, 5.74) is 0.530. The second kappa shape index (κ2) is 9.30. The number of aromatic nitrogens is 1. The number of halogens is 2. The molecule has 8 heteroatoms. The number of nitrogens with one attached hydrogen (secondary N) is 2. The van der Waals surface area contributed by atoms with Crippen LogP contribution in [0, 0.1) is 17.1 Å². The highest BCUT2D eigenvalue weighted by atomic mass is 79.9. The van der Waals surface area contributed by atoms with E-state index < -0.39 is 5.82 Å². The van der Waals surface area contributed by atoms with Crippen LogP contribution in [0.3, 0.4) is 0 Å². The zero-order valence-corrected chi connectivity index (χ0v) is 15.9. The molecular formula is C17H16BrFN4OS. The third kappa shape index (κ3) is 5.37. The lowest BCUT2D eigenvalue weighted by Crippen LogP contribution is -2.30. The van der Waals surface area contributed by atoms with E-state index in [1.54, 1.807) is 12.3 Å². The normalized spacial score (nSPS) is 10.0. The average Bonchev–Trinajstić information content (AvgIpc) is 2.60. The number of hydrogen-bond donors (Lipinski definition) is 2. The maximum absolute atomic E-state index is 14.1. The minimum atomic E-state index is -0.435. The van der Waals surface area contributed by atoms with Crippen LogP contribution in [0.4, 0.5) is 10.2 Å². The highest BCUT2D eigenvalue weighted by molar-refractivity contribution is 9.10. The summed E-state index contributed by atoms with van der Waals surface area (Å²) in [5, 5.41) is 15.6. The molecule has 0 bridgehead atoms. The Morgan fingerprint density at radius 2 is 2.20 bits per heavy atom. The van der Waals surface area contributed by atoms with E-state index in [0.29, 0.717) is 41.8 Å². The first-order valence-electron chi connectivity index (χ1n) is 7.55. The zero-order valence-electron chi connectivity index (χ0n) is 13.5. The molecule has 0 aliphatic carbocycles. The van der Waals surface area contributed by atoms with Gasteiger partial charge < -0.3 is 15.4 Å². The van der Waals surface area contributed by atoms with Gasteiger partial charge in [0.2, 0.25) is 0 Å². The van der Waals surface area contributed by atoms with Gasteiger partial charge in [-0.25, -0.2) is 9.37 Å². The summed E-state index contributed by atoms with van der Waals surface area (Å²) in [6.07, 6.45) is 1.95. The van der Waals surface area contributed by atoms with Crippen LogP contribution < -0.4 is 15.4 Å². The first kappa shape index (κ1) is 19.1. The Bertz CT molecular complexity index is 792. The predicted molar refractivity (Wildman–Crippen MR) is 102 cm³/mol. The summed E-state index contributed by atoms with van der Waals surface area (Å²) in [5.74, 6) is 0.555. The Morgan fingerprint density at radius 1 is 1.40 bits per heavy atom. The van der Waals surface area contributed by atoms with Crippen molar-refractivity contribution in [2.75, 3.05) is 18.5 Å². The van der Waals surface area contributed by atoms with Gasteiger partial charge in [0.15, 0.2) is 5.11 Å². The SMILES string of the molecule is CCOc1ccc(F)c(CCNC(=S)Nc2ccc(Br)cn2)c1C#N. The molecule has 1 heterocycles. The third-order valence-corrected chi connectivity index (χ3v) is 3.97. The number of thiocarbonyl (C=S) groups is 1. The Balaban J connectivity index is 1.97. The second-order valence-corrected chi connectivity index (χ2v) is 6.26. The molecule has 0 radical (unpaired) electrons. The molecule has 0 saturated carbocycles. The molecule has 1 aromatic carbocycles. The van der Waals surface area contributed by atoms with E-state index in [1.165, 1.54) is 12.1 Å². The zero-order chi connectivity index (χ0) is 18.2. The second-order valence-electron chi connectivity index (χ2n) is 4.94. The van der Waals surface area contributed by atoms with Crippen LogP contribution in [0.15, 0.2) is 34.9 Å².